The van der Waals surface area contributed by atoms with E-state index < -0.39 is 20.8 Å². The van der Waals surface area contributed by atoms with Crippen LogP contribution in [0.2, 0.25) is 0 Å². The van der Waals surface area contributed by atoms with Gasteiger partial charge in [0.2, 0.25) is 10.0 Å². The molecule has 104 valence electrons. The lowest BCUT2D eigenvalue weighted by Crippen LogP contribution is -2.33. The molecule has 1 aromatic heterocycles. The second-order valence-corrected chi connectivity index (χ2v) is 8.68. The summed E-state index contributed by atoms with van der Waals surface area (Å²) in [6.45, 7) is 2.10. The van der Waals surface area contributed by atoms with Crippen molar-refractivity contribution in [1.82, 2.24) is 4.72 Å². The highest BCUT2D eigenvalue weighted by molar-refractivity contribution is 7.91. The van der Waals surface area contributed by atoms with Gasteiger partial charge in [0.1, 0.15) is 4.21 Å². The van der Waals surface area contributed by atoms with Gasteiger partial charge in [-0.3, -0.25) is 4.21 Å². The quantitative estimate of drug-likeness (QED) is 0.773. The zero-order valence-corrected chi connectivity index (χ0v) is 12.8. The van der Waals surface area contributed by atoms with Gasteiger partial charge in [-0.2, -0.15) is 0 Å². The van der Waals surface area contributed by atoms with Crippen LogP contribution in [-0.4, -0.2) is 30.7 Å². The Morgan fingerprint density at radius 2 is 2.17 bits per heavy atom. The number of hydrogen-bond donors (Lipinski definition) is 2. The van der Waals surface area contributed by atoms with Gasteiger partial charge in [-0.05, 0) is 25.5 Å². The van der Waals surface area contributed by atoms with Crippen LogP contribution >= 0.6 is 11.3 Å². The Hall–Kier alpha value is -0.280. The van der Waals surface area contributed by atoms with Crippen LogP contribution in [0.15, 0.2) is 16.3 Å². The fourth-order valence-corrected chi connectivity index (χ4v) is 4.55. The van der Waals surface area contributed by atoms with Crippen molar-refractivity contribution in [2.45, 2.75) is 30.1 Å². The predicted molar refractivity (Wildman–Crippen MR) is 75.5 cm³/mol. The number of hydrogen-bond acceptors (Lipinski definition) is 5. The SMILES string of the molecule is CC(CCS(C)=O)NS(=O)(=O)c1ccc(CN)s1. The average molecular weight is 310 g/mol. The Kier molecular flexibility index (Phi) is 5.93. The molecule has 0 aliphatic rings. The molecule has 0 spiro atoms. The Morgan fingerprint density at radius 1 is 1.50 bits per heavy atom. The van der Waals surface area contributed by atoms with Crippen molar-refractivity contribution in [1.29, 1.82) is 0 Å². The highest BCUT2D eigenvalue weighted by atomic mass is 32.2. The molecule has 2 unspecified atom stereocenters. The molecule has 0 aliphatic carbocycles. The van der Waals surface area contributed by atoms with Crippen LogP contribution in [0, 0.1) is 0 Å². The number of thiophene rings is 1. The standard InChI is InChI=1S/C10H18N2O3S3/c1-8(5-6-17(2)13)12-18(14,15)10-4-3-9(7-11)16-10/h3-4,8,12H,5-7,11H2,1-2H3. The lowest BCUT2D eigenvalue weighted by molar-refractivity contribution is 0.557. The summed E-state index contributed by atoms with van der Waals surface area (Å²) in [5, 5.41) is 0. The predicted octanol–water partition coefficient (Wildman–Crippen LogP) is 0.642. The molecule has 3 N–H and O–H groups in total. The first-order valence-corrected chi connectivity index (χ1v) is 9.49. The van der Waals surface area contributed by atoms with E-state index in [1.54, 1.807) is 25.3 Å². The second kappa shape index (κ2) is 6.76. The summed E-state index contributed by atoms with van der Waals surface area (Å²) in [7, 11) is -4.39. The van der Waals surface area contributed by atoms with Crippen LogP contribution in [0.5, 0.6) is 0 Å². The second-order valence-electron chi connectivity index (χ2n) is 4.01. The summed E-state index contributed by atoms with van der Waals surface area (Å²) in [5.41, 5.74) is 5.45. The molecule has 0 saturated carbocycles. The first-order valence-electron chi connectivity index (χ1n) is 5.46. The molecule has 1 aromatic rings. The van der Waals surface area contributed by atoms with E-state index in [0.29, 0.717) is 18.7 Å². The molecule has 0 aromatic carbocycles. The minimum Gasteiger partial charge on any atom is -0.326 e. The summed E-state index contributed by atoms with van der Waals surface area (Å²) < 4.78 is 37.8. The van der Waals surface area contributed by atoms with Crippen LogP contribution in [0.25, 0.3) is 0 Å². The maximum absolute atomic E-state index is 12.0. The molecule has 0 radical (unpaired) electrons. The zero-order chi connectivity index (χ0) is 13.8. The van der Waals surface area contributed by atoms with Crippen molar-refractivity contribution in [3.8, 4) is 0 Å². The van der Waals surface area contributed by atoms with E-state index in [9.17, 15) is 12.6 Å². The highest BCUT2D eigenvalue weighted by Gasteiger charge is 2.19. The molecule has 5 nitrogen and oxygen atoms in total. The lowest BCUT2D eigenvalue weighted by Gasteiger charge is -2.12. The number of sulfonamides is 1. The molecule has 18 heavy (non-hydrogen) atoms. The van der Waals surface area contributed by atoms with Gasteiger partial charge in [0.25, 0.3) is 0 Å². The third kappa shape index (κ3) is 4.77. The van der Waals surface area contributed by atoms with Crippen LogP contribution in [0.1, 0.15) is 18.2 Å². The van der Waals surface area contributed by atoms with E-state index in [0.717, 1.165) is 4.88 Å². The molecule has 0 saturated heterocycles. The summed E-state index contributed by atoms with van der Waals surface area (Å²) in [6, 6.07) is 3.03. The van der Waals surface area contributed by atoms with E-state index in [1.807, 2.05) is 0 Å². The fourth-order valence-electron chi connectivity index (χ4n) is 1.34. The van der Waals surface area contributed by atoms with E-state index in [-0.39, 0.29) is 10.3 Å². The number of nitrogens with two attached hydrogens (primary N) is 1. The van der Waals surface area contributed by atoms with Crippen LogP contribution < -0.4 is 10.5 Å². The minimum atomic E-state index is -3.48. The zero-order valence-electron chi connectivity index (χ0n) is 10.4. The molecular formula is C10H18N2O3S3. The van der Waals surface area contributed by atoms with Crippen LogP contribution in [0.4, 0.5) is 0 Å². The van der Waals surface area contributed by atoms with Gasteiger partial charge in [-0.15, -0.1) is 11.3 Å². The Bertz CT molecular complexity index is 510. The normalized spacial score (nSPS) is 15.5. The van der Waals surface area contributed by atoms with Gasteiger partial charge in [-0.1, -0.05) is 0 Å². The van der Waals surface area contributed by atoms with Gasteiger partial charge in [0, 0.05) is 40.3 Å². The van der Waals surface area contributed by atoms with Crippen molar-refractivity contribution in [3.05, 3.63) is 17.0 Å². The van der Waals surface area contributed by atoms with Crippen molar-refractivity contribution >= 4 is 32.2 Å². The molecule has 0 aliphatic heterocycles. The smallest absolute Gasteiger partial charge is 0.250 e. The van der Waals surface area contributed by atoms with Crippen molar-refractivity contribution in [2.24, 2.45) is 5.73 Å². The van der Waals surface area contributed by atoms with E-state index >= 15 is 0 Å². The third-order valence-corrected chi connectivity index (χ3v) is 6.30. The summed E-state index contributed by atoms with van der Waals surface area (Å²) in [4.78, 5) is 0.831. The summed E-state index contributed by atoms with van der Waals surface area (Å²) >= 11 is 1.17. The summed E-state index contributed by atoms with van der Waals surface area (Å²) in [5.74, 6) is 0.488. The molecule has 8 heteroatoms. The van der Waals surface area contributed by atoms with Gasteiger partial charge < -0.3 is 5.73 Å². The monoisotopic (exact) mass is 310 g/mol. The van der Waals surface area contributed by atoms with Crippen LogP contribution in [-0.2, 0) is 27.4 Å². The van der Waals surface area contributed by atoms with Gasteiger partial charge >= 0.3 is 0 Å². The maximum Gasteiger partial charge on any atom is 0.250 e. The van der Waals surface area contributed by atoms with E-state index in [4.69, 9.17) is 5.73 Å². The third-order valence-electron chi connectivity index (χ3n) is 2.30. The van der Waals surface area contributed by atoms with Crippen molar-refractivity contribution < 1.29 is 12.6 Å². The first-order chi connectivity index (χ1) is 8.35. The Balaban J connectivity index is 2.66. The van der Waals surface area contributed by atoms with Gasteiger partial charge in [0.05, 0.1) is 0 Å². The van der Waals surface area contributed by atoms with Crippen molar-refractivity contribution in [3.63, 3.8) is 0 Å². The molecule has 1 heterocycles. The molecule has 1 rings (SSSR count). The molecule has 0 bridgehead atoms. The molecular weight excluding hydrogens is 292 g/mol. The maximum atomic E-state index is 12.0. The van der Waals surface area contributed by atoms with Gasteiger partial charge in [-0.25, -0.2) is 13.1 Å². The number of rotatable bonds is 7. The van der Waals surface area contributed by atoms with E-state index in [1.165, 1.54) is 11.3 Å². The molecule has 2 atom stereocenters. The average Bonchev–Trinajstić information content (AvgIpc) is 2.75. The van der Waals surface area contributed by atoms with Crippen molar-refractivity contribution in [2.75, 3.05) is 12.0 Å². The lowest BCUT2D eigenvalue weighted by atomic mass is 10.3. The van der Waals surface area contributed by atoms with Crippen LogP contribution in [0.3, 0.4) is 0 Å². The molecule has 0 fully saturated rings. The van der Waals surface area contributed by atoms with E-state index in [2.05, 4.69) is 4.72 Å². The highest BCUT2D eigenvalue weighted by Crippen LogP contribution is 2.21. The topological polar surface area (TPSA) is 89.3 Å². The van der Waals surface area contributed by atoms with Gasteiger partial charge in [0.15, 0.2) is 0 Å². The fraction of sp³-hybridized carbons (Fsp3) is 0.600. The first kappa shape index (κ1) is 15.8. The number of nitrogens with one attached hydrogen (secondary N) is 1. The molecule has 0 amide bonds. The Labute approximate surface area is 114 Å². The Morgan fingerprint density at radius 3 is 2.67 bits per heavy atom. The minimum absolute atomic E-state index is 0.234. The summed E-state index contributed by atoms with van der Waals surface area (Å²) in [6.07, 6.45) is 2.16. The largest absolute Gasteiger partial charge is 0.326 e.